The normalized spacial score (nSPS) is 12.6. The number of hydrogen-bond donors (Lipinski definition) is 0. The first kappa shape index (κ1) is 23.4. The second-order valence-corrected chi connectivity index (χ2v) is 9.63. The molecule has 36 heavy (non-hydrogen) atoms. The number of fused-ring (bicyclic) bond motifs is 3. The van der Waals surface area contributed by atoms with Gasteiger partial charge in [0.05, 0.1) is 11.0 Å². The van der Waals surface area contributed by atoms with Gasteiger partial charge in [-0.05, 0) is 48.5 Å². The summed E-state index contributed by atoms with van der Waals surface area (Å²) >= 11 is 0. The summed E-state index contributed by atoms with van der Waals surface area (Å²) in [4.78, 5) is 30.6. The fourth-order valence-corrected chi connectivity index (χ4v) is 4.77. The van der Waals surface area contributed by atoms with E-state index in [-0.39, 0.29) is 11.5 Å². The lowest BCUT2D eigenvalue weighted by Gasteiger charge is -2.09. The number of Topliss-reactive ketones (excluding diaryl/α,β-unsaturated/α-hetero) is 1. The molecule has 0 fully saturated rings. The van der Waals surface area contributed by atoms with Crippen LogP contribution in [0.5, 0.6) is 0 Å². The number of carbonyl (C=O) groups excluding carboxylic acids is 2. The molecule has 7 heteroatoms. The molecular formula is C29H22N2O4S. The summed E-state index contributed by atoms with van der Waals surface area (Å²) in [6, 6.07) is 30.0. The third-order valence-electron chi connectivity index (χ3n) is 5.89. The number of aromatic nitrogens is 1. The van der Waals surface area contributed by atoms with Gasteiger partial charge in [-0.2, -0.15) is 0 Å². The van der Waals surface area contributed by atoms with E-state index >= 15 is 0 Å². The van der Waals surface area contributed by atoms with Crippen molar-refractivity contribution in [2.75, 3.05) is 6.26 Å². The third kappa shape index (κ3) is 4.36. The van der Waals surface area contributed by atoms with Crippen molar-refractivity contribution in [3.05, 3.63) is 108 Å². The fraction of sp³-hybridized carbons (Fsp3) is 0.0690. The average Bonchev–Trinajstić information content (AvgIpc) is 3.23. The zero-order valence-electron chi connectivity index (χ0n) is 19.7. The Kier molecular flexibility index (Phi) is 6.31. The number of oxime groups is 1. The van der Waals surface area contributed by atoms with Crippen LogP contribution in [0.3, 0.4) is 0 Å². The fourth-order valence-electron chi connectivity index (χ4n) is 4.25. The third-order valence-corrected chi connectivity index (χ3v) is 6.83. The molecule has 0 saturated heterocycles. The van der Waals surface area contributed by atoms with Crippen molar-refractivity contribution in [2.24, 2.45) is 5.16 Å². The van der Waals surface area contributed by atoms with Crippen molar-refractivity contribution in [1.29, 1.82) is 0 Å². The first-order valence-corrected chi connectivity index (χ1v) is 12.8. The van der Waals surface area contributed by atoms with E-state index in [1.807, 2.05) is 66.7 Å². The quantitative estimate of drug-likeness (QED) is 0.132. The van der Waals surface area contributed by atoms with Crippen molar-refractivity contribution in [1.82, 2.24) is 4.57 Å². The van der Waals surface area contributed by atoms with Gasteiger partial charge in [0.15, 0.2) is 5.71 Å². The summed E-state index contributed by atoms with van der Waals surface area (Å²) in [6.45, 7) is 1.24. The van der Waals surface area contributed by atoms with E-state index in [0.29, 0.717) is 11.1 Å². The highest BCUT2D eigenvalue weighted by Crippen LogP contribution is 2.33. The molecule has 0 aliphatic carbocycles. The van der Waals surface area contributed by atoms with Gasteiger partial charge >= 0.3 is 5.97 Å². The molecule has 0 amide bonds. The molecule has 0 radical (unpaired) electrons. The predicted octanol–water partition coefficient (Wildman–Crippen LogP) is 5.67. The molecule has 6 nitrogen and oxygen atoms in total. The van der Waals surface area contributed by atoms with Gasteiger partial charge in [-0.1, -0.05) is 53.7 Å². The lowest BCUT2D eigenvalue weighted by molar-refractivity contribution is -0.140. The Labute approximate surface area is 210 Å². The average molecular weight is 495 g/mol. The first-order valence-electron chi connectivity index (χ1n) is 11.3. The topological polar surface area (TPSA) is 77.7 Å². The van der Waals surface area contributed by atoms with Crippen LogP contribution in [0, 0.1) is 0 Å². The molecule has 0 spiro atoms. The van der Waals surface area contributed by atoms with Crippen LogP contribution < -0.4 is 0 Å². The van der Waals surface area contributed by atoms with Crippen LogP contribution in [0.4, 0.5) is 0 Å². The Morgan fingerprint density at radius 3 is 2.14 bits per heavy atom. The smallest absolute Gasteiger partial charge is 0.318 e. The summed E-state index contributed by atoms with van der Waals surface area (Å²) in [5.74, 6) is -0.955. The SMILES string of the molecule is CC(=O)ON=C(C(=O)c1ccc2c(c1)c1ccccc1n2-c1ccc(S(C)=O)cc1)c1ccccc1. The molecule has 5 aromatic rings. The molecular weight excluding hydrogens is 472 g/mol. The minimum Gasteiger partial charge on any atom is -0.318 e. The second kappa shape index (κ2) is 9.71. The molecule has 1 aromatic heterocycles. The van der Waals surface area contributed by atoms with Crippen molar-refractivity contribution < 1.29 is 18.6 Å². The maximum absolute atomic E-state index is 13.6. The van der Waals surface area contributed by atoms with Gasteiger partial charge in [-0.15, -0.1) is 0 Å². The molecule has 4 aromatic carbocycles. The van der Waals surface area contributed by atoms with E-state index in [4.69, 9.17) is 4.84 Å². The molecule has 0 N–H and O–H groups in total. The number of rotatable bonds is 6. The van der Waals surface area contributed by atoms with E-state index in [1.165, 1.54) is 6.92 Å². The Morgan fingerprint density at radius 2 is 1.44 bits per heavy atom. The van der Waals surface area contributed by atoms with Gasteiger partial charge in [0.1, 0.15) is 0 Å². The lowest BCUT2D eigenvalue weighted by atomic mass is 9.99. The van der Waals surface area contributed by atoms with Crippen LogP contribution in [-0.4, -0.2) is 32.5 Å². The molecule has 1 atom stereocenters. The van der Waals surface area contributed by atoms with Gasteiger partial charge in [-0.25, -0.2) is 4.79 Å². The van der Waals surface area contributed by atoms with E-state index < -0.39 is 16.8 Å². The maximum Gasteiger partial charge on any atom is 0.332 e. The summed E-state index contributed by atoms with van der Waals surface area (Å²) in [5, 5.41) is 5.77. The van der Waals surface area contributed by atoms with Crippen LogP contribution >= 0.6 is 0 Å². The molecule has 0 aliphatic heterocycles. The minimum atomic E-state index is -1.06. The highest BCUT2D eigenvalue weighted by molar-refractivity contribution is 7.84. The van der Waals surface area contributed by atoms with E-state index in [2.05, 4.69) is 9.72 Å². The lowest BCUT2D eigenvalue weighted by Crippen LogP contribution is -2.17. The van der Waals surface area contributed by atoms with Crippen molar-refractivity contribution >= 4 is 50.1 Å². The molecule has 5 rings (SSSR count). The minimum absolute atomic E-state index is 0.0528. The van der Waals surface area contributed by atoms with Crippen LogP contribution in [0.15, 0.2) is 107 Å². The first-order chi connectivity index (χ1) is 17.4. The predicted molar refractivity (Wildman–Crippen MR) is 142 cm³/mol. The van der Waals surface area contributed by atoms with Gasteiger partial charge in [0, 0.05) is 56.5 Å². The van der Waals surface area contributed by atoms with Crippen LogP contribution in [0.2, 0.25) is 0 Å². The van der Waals surface area contributed by atoms with Crippen LogP contribution in [-0.2, 0) is 20.4 Å². The summed E-state index contributed by atoms with van der Waals surface area (Å²) in [6.07, 6.45) is 1.66. The zero-order valence-corrected chi connectivity index (χ0v) is 20.5. The summed E-state index contributed by atoms with van der Waals surface area (Å²) in [5.41, 5.74) is 3.88. The molecule has 178 valence electrons. The van der Waals surface area contributed by atoms with Crippen LogP contribution in [0.25, 0.3) is 27.5 Å². The Bertz CT molecular complexity index is 1670. The number of ketones is 1. The molecule has 1 heterocycles. The number of benzene rings is 4. The number of para-hydroxylation sites is 1. The molecule has 1 unspecified atom stereocenters. The second-order valence-electron chi connectivity index (χ2n) is 8.25. The zero-order chi connectivity index (χ0) is 25.2. The van der Waals surface area contributed by atoms with E-state index in [9.17, 15) is 13.8 Å². The maximum atomic E-state index is 13.6. The van der Waals surface area contributed by atoms with Crippen molar-refractivity contribution in [3.63, 3.8) is 0 Å². The number of hydrogen-bond acceptors (Lipinski definition) is 5. The Morgan fingerprint density at radius 1 is 0.778 bits per heavy atom. The van der Waals surface area contributed by atoms with Gasteiger partial charge in [-0.3, -0.25) is 9.00 Å². The molecule has 0 saturated carbocycles. The molecule has 0 aliphatic rings. The largest absolute Gasteiger partial charge is 0.332 e. The van der Waals surface area contributed by atoms with Gasteiger partial charge in [0.2, 0.25) is 5.78 Å². The number of carbonyl (C=O) groups is 2. The van der Waals surface area contributed by atoms with Crippen molar-refractivity contribution in [2.45, 2.75) is 11.8 Å². The Balaban J connectivity index is 1.66. The number of nitrogens with zero attached hydrogens (tertiary/aromatic N) is 2. The summed E-state index contributed by atoms with van der Waals surface area (Å²) in [7, 11) is -1.06. The van der Waals surface area contributed by atoms with Gasteiger partial charge in [0.25, 0.3) is 0 Å². The highest BCUT2D eigenvalue weighted by Gasteiger charge is 2.20. The monoisotopic (exact) mass is 494 g/mol. The van der Waals surface area contributed by atoms with E-state index in [1.54, 1.807) is 36.6 Å². The Hall–Kier alpha value is -4.36. The highest BCUT2D eigenvalue weighted by atomic mass is 32.2. The van der Waals surface area contributed by atoms with E-state index in [0.717, 1.165) is 32.4 Å². The van der Waals surface area contributed by atoms with Crippen molar-refractivity contribution in [3.8, 4) is 5.69 Å². The van der Waals surface area contributed by atoms with Crippen LogP contribution in [0.1, 0.15) is 22.8 Å². The molecule has 0 bridgehead atoms. The van der Waals surface area contributed by atoms with Gasteiger partial charge < -0.3 is 9.40 Å². The summed E-state index contributed by atoms with van der Waals surface area (Å²) < 4.78 is 14.0. The standard InChI is InChI=1S/C29H22N2O4S/c1-19(32)35-30-28(20-8-4-3-5-9-20)29(33)21-12-17-27-25(18-21)24-10-6-7-11-26(24)31(27)22-13-15-23(16-14-22)36(2)34/h3-18H,1-2H3.